The zero-order valence-electron chi connectivity index (χ0n) is 11.8. The zero-order chi connectivity index (χ0) is 16.8. The Morgan fingerprint density at radius 3 is 2.30 bits per heavy atom. The standard InChI is InChI=1S/C16H11N3O4/c17-10-12(9-11-1-7-15(20)8-2-11)16(21)18-13-3-5-14(6-4-13)19(22)23/h1-9,20H,(H,18,21)/b12-9+. The molecule has 0 spiro atoms. The molecule has 0 aromatic heterocycles. The van der Waals surface area contributed by atoms with Crippen LogP contribution < -0.4 is 5.32 Å². The Labute approximate surface area is 131 Å². The van der Waals surface area contributed by atoms with Crippen LogP contribution in [0.4, 0.5) is 11.4 Å². The predicted molar refractivity (Wildman–Crippen MR) is 83.4 cm³/mol. The van der Waals surface area contributed by atoms with Gasteiger partial charge in [0.25, 0.3) is 11.6 Å². The largest absolute Gasteiger partial charge is 0.508 e. The quantitative estimate of drug-likeness (QED) is 0.390. The summed E-state index contributed by atoms with van der Waals surface area (Å²) in [4.78, 5) is 22.1. The molecule has 2 aromatic rings. The summed E-state index contributed by atoms with van der Waals surface area (Å²) >= 11 is 0. The highest BCUT2D eigenvalue weighted by molar-refractivity contribution is 6.09. The number of hydrogen-bond acceptors (Lipinski definition) is 5. The number of benzene rings is 2. The first kappa shape index (κ1) is 15.7. The van der Waals surface area contributed by atoms with Gasteiger partial charge in [-0.15, -0.1) is 0 Å². The van der Waals surface area contributed by atoms with Crippen LogP contribution in [0.3, 0.4) is 0 Å². The zero-order valence-corrected chi connectivity index (χ0v) is 11.8. The number of aromatic hydroxyl groups is 1. The van der Waals surface area contributed by atoms with Gasteiger partial charge in [-0.05, 0) is 35.9 Å². The molecule has 0 saturated heterocycles. The summed E-state index contributed by atoms with van der Waals surface area (Å²) in [7, 11) is 0. The number of nitriles is 1. The molecular formula is C16H11N3O4. The average Bonchev–Trinajstić information content (AvgIpc) is 2.54. The maximum absolute atomic E-state index is 12.0. The third kappa shape index (κ3) is 4.15. The summed E-state index contributed by atoms with van der Waals surface area (Å²) in [5.74, 6) is -0.551. The maximum atomic E-state index is 12.0. The topological polar surface area (TPSA) is 116 Å². The molecule has 0 atom stereocenters. The highest BCUT2D eigenvalue weighted by Gasteiger charge is 2.11. The summed E-state index contributed by atoms with van der Waals surface area (Å²) in [5, 5.41) is 31.3. The lowest BCUT2D eigenvalue weighted by molar-refractivity contribution is -0.384. The molecule has 0 aliphatic rings. The monoisotopic (exact) mass is 309 g/mol. The van der Waals surface area contributed by atoms with E-state index in [-0.39, 0.29) is 17.0 Å². The maximum Gasteiger partial charge on any atom is 0.269 e. The van der Waals surface area contributed by atoms with Crippen LogP contribution in [-0.2, 0) is 4.79 Å². The van der Waals surface area contributed by atoms with E-state index in [0.29, 0.717) is 11.3 Å². The second kappa shape index (κ2) is 6.87. The Kier molecular flexibility index (Phi) is 4.69. The van der Waals surface area contributed by atoms with Crippen LogP contribution in [0, 0.1) is 21.4 Å². The number of carbonyl (C=O) groups is 1. The van der Waals surface area contributed by atoms with Crippen molar-refractivity contribution in [1.29, 1.82) is 5.26 Å². The molecule has 0 radical (unpaired) electrons. The molecular weight excluding hydrogens is 298 g/mol. The number of hydrogen-bond donors (Lipinski definition) is 2. The SMILES string of the molecule is N#C/C(=C\c1ccc(O)cc1)C(=O)Nc1ccc([N+](=O)[O-])cc1. The van der Waals surface area contributed by atoms with E-state index in [1.54, 1.807) is 18.2 Å². The van der Waals surface area contributed by atoms with Gasteiger partial charge in [0, 0.05) is 17.8 Å². The summed E-state index contributed by atoms with van der Waals surface area (Å²) in [6.07, 6.45) is 1.38. The number of carbonyl (C=O) groups excluding carboxylic acids is 1. The van der Waals surface area contributed by atoms with Crippen LogP contribution >= 0.6 is 0 Å². The van der Waals surface area contributed by atoms with Gasteiger partial charge in [-0.3, -0.25) is 14.9 Å². The van der Waals surface area contributed by atoms with Crippen molar-refractivity contribution in [2.24, 2.45) is 0 Å². The van der Waals surface area contributed by atoms with E-state index in [9.17, 15) is 20.0 Å². The summed E-state index contributed by atoms with van der Waals surface area (Å²) in [6, 6.07) is 13.1. The lowest BCUT2D eigenvalue weighted by atomic mass is 10.1. The predicted octanol–water partition coefficient (Wildman–Crippen LogP) is 2.85. The highest BCUT2D eigenvalue weighted by Crippen LogP contribution is 2.17. The molecule has 7 heteroatoms. The fourth-order valence-electron chi connectivity index (χ4n) is 1.75. The fourth-order valence-corrected chi connectivity index (χ4v) is 1.75. The van der Waals surface area contributed by atoms with E-state index in [0.717, 1.165) is 0 Å². The number of nitrogens with zero attached hydrogens (tertiary/aromatic N) is 2. The number of phenolic OH excluding ortho intramolecular Hbond substituents is 1. The molecule has 0 unspecified atom stereocenters. The van der Waals surface area contributed by atoms with E-state index in [1.165, 1.54) is 42.5 Å². The van der Waals surface area contributed by atoms with Crippen molar-refractivity contribution in [2.75, 3.05) is 5.32 Å². The van der Waals surface area contributed by atoms with Crippen molar-refractivity contribution < 1.29 is 14.8 Å². The van der Waals surface area contributed by atoms with Gasteiger partial charge in [0.2, 0.25) is 0 Å². The van der Waals surface area contributed by atoms with Crippen molar-refractivity contribution >= 4 is 23.4 Å². The first-order valence-electron chi connectivity index (χ1n) is 6.46. The molecule has 23 heavy (non-hydrogen) atoms. The molecule has 0 bridgehead atoms. The smallest absolute Gasteiger partial charge is 0.269 e. The Morgan fingerprint density at radius 1 is 1.17 bits per heavy atom. The van der Waals surface area contributed by atoms with Crippen LogP contribution in [0.1, 0.15) is 5.56 Å². The second-order valence-corrected chi connectivity index (χ2v) is 4.52. The van der Waals surface area contributed by atoms with Gasteiger partial charge < -0.3 is 10.4 Å². The molecule has 0 aliphatic heterocycles. The molecule has 7 nitrogen and oxygen atoms in total. The van der Waals surface area contributed by atoms with Gasteiger partial charge in [0.15, 0.2) is 0 Å². The summed E-state index contributed by atoms with van der Waals surface area (Å²) in [6.45, 7) is 0. The number of phenols is 1. The Hall–Kier alpha value is -3.66. The van der Waals surface area contributed by atoms with Gasteiger partial charge >= 0.3 is 0 Å². The van der Waals surface area contributed by atoms with Crippen molar-refractivity contribution in [3.63, 3.8) is 0 Å². The Bertz CT molecular complexity index is 803. The Morgan fingerprint density at radius 2 is 1.78 bits per heavy atom. The summed E-state index contributed by atoms with van der Waals surface area (Å²) in [5.41, 5.74) is 0.697. The molecule has 2 aromatic carbocycles. The minimum atomic E-state index is -0.630. The Balaban J connectivity index is 2.15. The van der Waals surface area contributed by atoms with Crippen LogP contribution in [0.2, 0.25) is 0 Å². The molecule has 1 amide bonds. The number of nitro benzene ring substituents is 1. The van der Waals surface area contributed by atoms with Gasteiger partial charge in [0.1, 0.15) is 17.4 Å². The van der Waals surface area contributed by atoms with E-state index < -0.39 is 10.8 Å². The van der Waals surface area contributed by atoms with E-state index in [1.807, 2.05) is 0 Å². The normalized spacial score (nSPS) is 10.7. The molecule has 0 saturated carbocycles. The number of anilines is 1. The van der Waals surface area contributed by atoms with Crippen LogP contribution in [0.5, 0.6) is 5.75 Å². The molecule has 0 heterocycles. The van der Waals surface area contributed by atoms with Gasteiger partial charge in [-0.25, -0.2) is 0 Å². The number of amides is 1. The van der Waals surface area contributed by atoms with Gasteiger partial charge in [-0.1, -0.05) is 12.1 Å². The minimum absolute atomic E-state index is 0.0796. The third-order valence-corrected chi connectivity index (χ3v) is 2.91. The van der Waals surface area contributed by atoms with Crippen molar-refractivity contribution in [3.05, 3.63) is 69.8 Å². The van der Waals surface area contributed by atoms with Gasteiger partial charge in [-0.2, -0.15) is 5.26 Å². The highest BCUT2D eigenvalue weighted by atomic mass is 16.6. The van der Waals surface area contributed by atoms with Crippen LogP contribution in [0.25, 0.3) is 6.08 Å². The minimum Gasteiger partial charge on any atom is -0.508 e. The molecule has 114 valence electrons. The fraction of sp³-hybridized carbons (Fsp3) is 0. The number of non-ortho nitro benzene ring substituents is 1. The lowest BCUT2D eigenvalue weighted by Gasteiger charge is -2.04. The van der Waals surface area contributed by atoms with Crippen LogP contribution in [-0.4, -0.2) is 15.9 Å². The first-order chi connectivity index (χ1) is 11.0. The lowest BCUT2D eigenvalue weighted by Crippen LogP contribution is -2.13. The number of nitrogens with one attached hydrogen (secondary N) is 1. The number of nitro groups is 1. The third-order valence-electron chi connectivity index (χ3n) is 2.91. The van der Waals surface area contributed by atoms with E-state index in [2.05, 4.69) is 5.32 Å². The van der Waals surface area contributed by atoms with Crippen LogP contribution in [0.15, 0.2) is 54.1 Å². The second-order valence-electron chi connectivity index (χ2n) is 4.52. The van der Waals surface area contributed by atoms with Crippen molar-refractivity contribution in [1.82, 2.24) is 0 Å². The van der Waals surface area contributed by atoms with Gasteiger partial charge in [0.05, 0.1) is 4.92 Å². The first-order valence-corrected chi connectivity index (χ1v) is 6.46. The summed E-state index contributed by atoms with van der Waals surface area (Å²) < 4.78 is 0. The molecule has 0 fully saturated rings. The van der Waals surface area contributed by atoms with Crippen molar-refractivity contribution in [3.8, 4) is 11.8 Å². The van der Waals surface area contributed by atoms with E-state index in [4.69, 9.17) is 5.26 Å². The average molecular weight is 309 g/mol. The molecule has 0 aliphatic carbocycles. The van der Waals surface area contributed by atoms with E-state index >= 15 is 0 Å². The van der Waals surface area contributed by atoms with Crippen molar-refractivity contribution in [2.45, 2.75) is 0 Å². The molecule has 2 rings (SSSR count). The number of rotatable bonds is 4. The molecule has 2 N–H and O–H groups in total.